The molecule has 3 nitrogen and oxygen atoms in total. The van der Waals surface area contributed by atoms with Gasteiger partial charge in [0.15, 0.2) is 0 Å². The van der Waals surface area contributed by atoms with Gasteiger partial charge < -0.3 is 13.4 Å². The summed E-state index contributed by atoms with van der Waals surface area (Å²) >= 11 is 0. The maximum atomic E-state index is 5.85. The normalized spacial score (nSPS) is 22.8. The van der Waals surface area contributed by atoms with E-state index < -0.39 is 8.48 Å². The van der Waals surface area contributed by atoms with Crippen LogP contribution >= 0.6 is 0 Å². The summed E-state index contributed by atoms with van der Waals surface area (Å²) < 4.78 is 14.0. The van der Waals surface area contributed by atoms with Crippen LogP contribution in [0.25, 0.3) is 0 Å². The molecular weight excluding hydrogens is 318 g/mol. The molecule has 0 aliphatic carbocycles. The van der Waals surface area contributed by atoms with E-state index in [0.717, 1.165) is 0 Å². The molecule has 0 aromatic carbocycles. The number of nitrogens with zero attached hydrogens (tertiary/aromatic N) is 1. The van der Waals surface area contributed by atoms with Crippen LogP contribution in [0.5, 0.6) is 0 Å². The second kappa shape index (κ2) is 11.0. The molecule has 23 heavy (non-hydrogen) atoms. The Kier molecular flexibility index (Phi) is 10.2. The van der Waals surface area contributed by atoms with Gasteiger partial charge in [-0.25, -0.2) is 0 Å². The molecular formula is C18H39NO2Si2. The number of hydrogen-bond donors (Lipinski definition) is 0. The highest BCUT2D eigenvalue weighted by Gasteiger charge is 2.39. The fourth-order valence-electron chi connectivity index (χ4n) is 3.88. The average molecular weight is 358 g/mol. The van der Waals surface area contributed by atoms with Crippen LogP contribution in [0.4, 0.5) is 0 Å². The van der Waals surface area contributed by atoms with Crippen LogP contribution in [0.1, 0.15) is 71.6 Å². The quantitative estimate of drug-likeness (QED) is 0.342. The highest BCUT2D eigenvalue weighted by Crippen LogP contribution is 2.39. The molecule has 0 aromatic rings. The number of unbranched alkanes of at least 4 members (excludes halogenated alkanes) is 4. The zero-order chi connectivity index (χ0) is 17.2. The van der Waals surface area contributed by atoms with E-state index in [1.165, 1.54) is 76.9 Å². The van der Waals surface area contributed by atoms with Gasteiger partial charge >= 0.3 is 0 Å². The summed E-state index contributed by atoms with van der Waals surface area (Å²) in [5, 5.41) is 0.455. The first kappa shape index (κ1) is 21.4. The first-order chi connectivity index (χ1) is 11.1. The third kappa shape index (κ3) is 6.61. The van der Waals surface area contributed by atoms with E-state index in [9.17, 15) is 0 Å². The van der Waals surface area contributed by atoms with Crippen molar-refractivity contribution in [1.82, 2.24) is 4.57 Å². The monoisotopic (exact) mass is 357 g/mol. The third-order valence-electron chi connectivity index (χ3n) is 5.93. The second-order valence-electron chi connectivity index (χ2n) is 7.28. The van der Waals surface area contributed by atoms with Gasteiger partial charge in [0.2, 0.25) is 9.76 Å². The molecule has 1 rings (SSSR count). The van der Waals surface area contributed by atoms with Gasteiger partial charge in [-0.2, -0.15) is 0 Å². The van der Waals surface area contributed by atoms with E-state index >= 15 is 0 Å². The number of hydrogen-bond acceptors (Lipinski definition) is 3. The van der Waals surface area contributed by atoms with Crippen molar-refractivity contribution in [3.05, 3.63) is 0 Å². The van der Waals surface area contributed by atoms with E-state index in [-0.39, 0.29) is 0 Å². The summed E-state index contributed by atoms with van der Waals surface area (Å²) in [6.45, 7) is 9.55. The van der Waals surface area contributed by atoms with E-state index in [4.69, 9.17) is 8.85 Å². The molecule has 2 radical (unpaired) electrons. The Morgan fingerprint density at radius 2 is 1.70 bits per heavy atom. The molecule has 136 valence electrons. The fraction of sp³-hybridized carbons (Fsp3) is 1.00. The smallest absolute Gasteiger partial charge is 0.267 e. The van der Waals surface area contributed by atoms with Gasteiger partial charge in [0.1, 0.15) is 0 Å². The Labute approximate surface area is 148 Å². The SMILES string of the molecule is CCC(CC)(CCCCCCCN1CCC[Si]1(C)OC)[Si]OC. The summed E-state index contributed by atoms with van der Waals surface area (Å²) in [6, 6.07) is 1.32. The predicted octanol–water partition coefficient (Wildman–Crippen LogP) is 5.00. The molecule has 5 heteroatoms. The summed E-state index contributed by atoms with van der Waals surface area (Å²) in [6.07, 6.45) is 12.1. The first-order valence-electron chi connectivity index (χ1n) is 9.66. The highest BCUT2D eigenvalue weighted by atomic mass is 28.4. The van der Waals surface area contributed by atoms with Crippen molar-refractivity contribution >= 4 is 18.2 Å². The summed E-state index contributed by atoms with van der Waals surface area (Å²) in [7, 11) is 2.95. The van der Waals surface area contributed by atoms with Crippen molar-refractivity contribution in [2.24, 2.45) is 0 Å². The molecule has 0 spiro atoms. The van der Waals surface area contributed by atoms with Crippen LogP contribution < -0.4 is 0 Å². The zero-order valence-corrected chi connectivity index (χ0v) is 18.2. The van der Waals surface area contributed by atoms with E-state index in [1.807, 2.05) is 14.2 Å². The standard InChI is InChI=1S/C18H39NO2Si2/c1-6-18(7-2,22-20-3)14-11-9-8-10-12-15-19-16-13-17-23(19,5)21-4/h6-17H2,1-5H3. The lowest BCUT2D eigenvalue weighted by molar-refractivity contribution is 0.311. The summed E-state index contributed by atoms with van der Waals surface area (Å²) in [5.41, 5.74) is 0. The molecule has 1 aliphatic heterocycles. The Bertz CT molecular complexity index is 313. The van der Waals surface area contributed by atoms with Crippen LogP contribution in [0, 0.1) is 0 Å². The Morgan fingerprint density at radius 3 is 2.30 bits per heavy atom. The highest BCUT2D eigenvalue weighted by molar-refractivity contribution is 6.70. The predicted molar refractivity (Wildman–Crippen MR) is 103 cm³/mol. The second-order valence-corrected chi connectivity index (χ2v) is 12.8. The van der Waals surface area contributed by atoms with Crippen LogP contribution in [-0.4, -0.2) is 50.1 Å². The van der Waals surface area contributed by atoms with Gasteiger partial charge in [-0.1, -0.05) is 52.4 Å². The van der Waals surface area contributed by atoms with Crippen molar-refractivity contribution in [2.45, 2.75) is 89.3 Å². The molecule has 0 N–H and O–H groups in total. The largest absolute Gasteiger partial charge is 0.420 e. The zero-order valence-electron chi connectivity index (χ0n) is 16.2. The van der Waals surface area contributed by atoms with Gasteiger partial charge in [-0.3, -0.25) is 0 Å². The molecule has 1 saturated heterocycles. The lowest BCUT2D eigenvalue weighted by Crippen LogP contribution is -2.48. The minimum absolute atomic E-state index is 0.455. The fourth-order valence-corrected chi connectivity index (χ4v) is 7.74. The van der Waals surface area contributed by atoms with Gasteiger partial charge in [-0.15, -0.1) is 0 Å². The van der Waals surface area contributed by atoms with E-state index in [1.54, 1.807) is 0 Å². The Hall–Kier alpha value is 0.314. The third-order valence-corrected chi connectivity index (χ3v) is 11.5. The van der Waals surface area contributed by atoms with E-state index in [2.05, 4.69) is 25.0 Å². The van der Waals surface area contributed by atoms with Gasteiger partial charge in [-0.05, 0) is 50.0 Å². The molecule has 0 amide bonds. The molecule has 0 aromatic heterocycles. The van der Waals surface area contributed by atoms with Crippen molar-refractivity contribution in [1.29, 1.82) is 0 Å². The molecule has 1 aliphatic rings. The summed E-state index contributed by atoms with van der Waals surface area (Å²) in [5.74, 6) is 0. The molecule has 1 atom stereocenters. The minimum Gasteiger partial charge on any atom is -0.420 e. The van der Waals surface area contributed by atoms with Crippen LogP contribution in [-0.2, 0) is 8.85 Å². The molecule has 0 saturated carbocycles. The lowest BCUT2D eigenvalue weighted by atomic mass is 9.94. The van der Waals surface area contributed by atoms with Crippen molar-refractivity contribution < 1.29 is 8.85 Å². The van der Waals surface area contributed by atoms with Crippen LogP contribution in [0.15, 0.2) is 0 Å². The maximum Gasteiger partial charge on any atom is 0.267 e. The number of rotatable bonds is 13. The minimum atomic E-state index is -1.49. The van der Waals surface area contributed by atoms with Gasteiger partial charge in [0.25, 0.3) is 8.48 Å². The van der Waals surface area contributed by atoms with Crippen molar-refractivity contribution in [3.8, 4) is 0 Å². The topological polar surface area (TPSA) is 21.7 Å². The first-order valence-corrected chi connectivity index (χ1v) is 13.1. The molecule has 0 bridgehead atoms. The van der Waals surface area contributed by atoms with Gasteiger partial charge in [0.05, 0.1) is 0 Å². The average Bonchev–Trinajstić information content (AvgIpc) is 2.94. The summed E-state index contributed by atoms with van der Waals surface area (Å²) in [4.78, 5) is 0. The molecule has 1 fully saturated rings. The van der Waals surface area contributed by atoms with E-state index in [0.29, 0.717) is 14.8 Å². The lowest BCUT2D eigenvalue weighted by Gasteiger charge is -2.31. The van der Waals surface area contributed by atoms with Crippen LogP contribution in [0.3, 0.4) is 0 Å². The molecule has 1 heterocycles. The maximum absolute atomic E-state index is 5.85. The molecule has 1 unspecified atom stereocenters. The Balaban J connectivity index is 2.11. The van der Waals surface area contributed by atoms with Crippen LogP contribution in [0.2, 0.25) is 17.6 Å². The van der Waals surface area contributed by atoms with Crippen molar-refractivity contribution in [3.63, 3.8) is 0 Å². The Morgan fingerprint density at radius 1 is 1.04 bits per heavy atom. The van der Waals surface area contributed by atoms with Crippen molar-refractivity contribution in [2.75, 3.05) is 27.3 Å². The van der Waals surface area contributed by atoms with Gasteiger partial charge in [0, 0.05) is 14.2 Å².